The second-order valence-electron chi connectivity index (χ2n) is 4.18. The first-order chi connectivity index (χ1) is 8.84. The van der Waals surface area contributed by atoms with Crippen molar-refractivity contribution in [1.29, 1.82) is 0 Å². The number of morpholine rings is 1. The van der Waals surface area contributed by atoms with Gasteiger partial charge in [-0.05, 0) is 12.8 Å². The van der Waals surface area contributed by atoms with E-state index in [1.807, 2.05) is 0 Å². The van der Waals surface area contributed by atoms with Crippen LogP contribution in [-0.2, 0) is 19.0 Å². The summed E-state index contributed by atoms with van der Waals surface area (Å²) in [5.74, 6) is 0.0231. The highest BCUT2D eigenvalue weighted by Crippen LogP contribution is 1.94. The Bertz CT molecular complexity index is 220. The Morgan fingerprint density at radius 1 is 1.39 bits per heavy atom. The summed E-state index contributed by atoms with van der Waals surface area (Å²) in [5.41, 5.74) is 0. The molecule has 1 rings (SSSR count). The summed E-state index contributed by atoms with van der Waals surface area (Å²) in [7, 11) is 1.65. The predicted octanol–water partition coefficient (Wildman–Crippen LogP) is -0.466. The number of unbranched alkanes of at least 4 members (excludes halogenated alkanes) is 1. The summed E-state index contributed by atoms with van der Waals surface area (Å²) in [6.45, 7) is 4.55. The van der Waals surface area contributed by atoms with Crippen molar-refractivity contribution in [1.82, 2.24) is 10.6 Å². The third-order valence-corrected chi connectivity index (χ3v) is 2.68. The van der Waals surface area contributed by atoms with Crippen molar-refractivity contribution < 1.29 is 19.0 Å². The fraction of sp³-hybridized carbons (Fsp3) is 0.917. The second-order valence-corrected chi connectivity index (χ2v) is 4.18. The fourth-order valence-corrected chi connectivity index (χ4v) is 1.64. The molecule has 0 bridgehead atoms. The third-order valence-electron chi connectivity index (χ3n) is 2.68. The van der Waals surface area contributed by atoms with Gasteiger partial charge in [-0.1, -0.05) is 0 Å². The maximum atomic E-state index is 11.7. The van der Waals surface area contributed by atoms with Crippen LogP contribution in [0, 0.1) is 0 Å². The molecule has 1 heterocycles. The molecule has 0 aromatic rings. The van der Waals surface area contributed by atoms with Gasteiger partial charge < -0.3 is 24.8 Å². The normalized spacial score (nSPS) is 19.7. The van der Waals surface area contributed by atoms with Gasteiger partial charge in [0.15, 0.2) is 0 Å². The van der Waals surface area contributed by atoms with E-state index in [1.165, 1.54) is 0 Å². The molecule has 1 unspecified atom stereocenters. The number of hydrogen-bond acceptors (Lipinski definition) is 5. The topological polar surface area (TPSA) is 68.8 Å². The first-order valence-electron chi connectivity index (χ1n) is 6.50. The Hall–Kier alpha value is -0.690. The number of amides is 1. The number of nitrogens with one attached hydrogen (secondary N) is 2. The molecule has 0 aromatic heterocycles. The van der Waals surface area contributed by atoms with Gasteiger partial charge in [0.05, 0.1) is 26.4 Å². The number of methoxy groups -OCH3 is 1. The van der Waals surface area contributed by atoms with Gasteiger partial charge in [0.2, 0.25) is 5.91 Å². The smallest absolute Gasteiger partial charge is 0.239 e. The summed E-state index contributed by atoms with van der Waals surface area (Å²) in [5, 5.41) is 6.01. The van der Waals surface area contributed by atoms with Crippen LogP contribution in [0.1, 0.15) is 12.8 Å². The van der Waals surface area contributed by atoms with E-state index in [0.29, 0.717) is 39.6 Å². The molecule has 1 fully saturated rings. The van der Waals surface area contributed by atoms with Crippen molar-refractivity contribution >= 4 is 5.91 Å². The number of rotatable bonds is 9. The molecule has 6 heteroatoms. The van der Waals surface area contributed by atoms with Crippen molar-refractivity contribution in [2.45, 2.75) is 18.9 Å². The molecule has 1 atom stereocenters. The number of ether oxygens (including phenoxy) is 3. The zero-order valence-corrected chi connectivity index (χ0v) is 11.1. The predicted molar refractivity (Wildman–Crippen MR) is 67.5 cm³/mol. The van der Waals surface area contributed by atoms with E-state index in [4.69, 9.17) is 14.2 Å². The average Bonchev–Trinajstić information content (AvgIpc) is 2.42. The van der Waals surface area contributed by atoms with Crippen molar-refractivity contribution in [3.8, 4) is 0 Å². The lowest BCUT2D eigenvalue weighted by molar-refractivity contribution is -0.125. The molecule has 6 nitrogen and oxygen atoms in total. The molecule has 0 radical (unpaired) electrons. The number of hydrogen-bond donors (Lipinski definition) is 2. The van der Waals surface area contributed by atoms with Crippen LogP contribution in [0.5, 0.6) is 0 Å². The molecular formula is C12H24N2O4. The molecule has 0 saturated carbocycles. The molecule has 0 aliphatic carbocycles. The molecule has 106 valence electrons. The fourth-order valence-electron chi connectivity index (χ4n) is 1.64. The molecule has 1 amide bonds. The van der Waals surface area contributed by atoms with Crippen LogP contribution < -0.4 is 10.6 Å². The summed E-state index contributed by atoms with van der Waals surface area (Å²) < 4.78 is 15.4. The van der Waals surface area contributed by atoms with Gasteiger partial charge in [-0.25, -0.2) is 0 Å². The number of carbonyl (C=O) groups is 1. The maximum Gasteiger partial charge on any atom is 0.239 e. The second kappa shape index (κ2) is 10.3. The van der Waals surface area contributed by atoms with Crippen LogP contribution >= 0.6 is 0 Å². The molecule has 1 aliphatic heterocycles. The van der Waals surface area contributed by atoms with Crippen molar-refractivity contribution in [2.24, 2.45) is 0 Å². The Morgan fingerprint density at radius 3 is 3.00 bits per heavy atom. The van der Waals surface area contributed by atoms with E-state index < -0.39 is 0 Å². The minimum Gasteiger partial charge on any atom is -0.382 e. The monoisotopic (exact) mass is 260 g/mol. The Morgan fingerprint density at radius 2 is 2.28 bits per heavy atom. The highest BCUT2D eigenvalue weighted by atomic mass is 16.5. The van der Waals surface area contributed by atoms with E-state index in [9.17, 15) is 4.79 Å². The Balaban J connectivity index is 1.89. The summed E-state index contributed by atoms with van der Waals surface area (Å²) >= 11 is 0. The van der Waals surface area contributed by atoms with E-state index in [2.05, 4.69) is 10.6 Å². The minimum atomic E-state index is -0.197. The van der Waals surface area contributed by atoms with Crippen LogP contribution in [0.2, 0.25) is 0 Å². The van der Waals surface area contributed by atoms with Gasteiger partial charge in [-0.15, -0.1) is 0 Å². The van der Waals surface area contributed by atoms with Crippen molar-refractivity contribution in [3.05, 3.63) is 0 Å². The summed E-state index contributed by atoms with van der Waals surface area (Å²) in [6, 6.07) is -0.197. The lowest BCUT2D eigenvalue weighted by atomic mass is 10.2. The van der Waals surface area contributed by atoms with E-state index >= 15 is 0 Å². The molecule has 2 N–H and O–H groups in total. The van der Waals surface area contributed by atoms with Crippen molar-refractivity contribution in [2.75, 3.05) is 53.2 Å². The van der Waals surface area contributed by atoms with Crippen LogP contribution in [-0.4, -0.2) is 65.2 Å². The van der Waals surface area contributed by atoms with Gasteiger partial charge in [0, 0.05) is 26.8 Å². The van der Waals surface area contributed by atoms with Gasteiger partial charge >= 0.3 is 0 Å². The highest BCUT2D eigenvalue weighted by Gasteiger charge is 2.20. The Labute approximate surface area is 108 Å². The quantitative estimate of drug-likeness (QED) is 0.549. The SMILES string of the molecule is COCCOCCCCNC(=O)C1COCCN1. The molecule has 1 saturated heterocycles. The van der Waals surface area contributed by atoms with Crippen LogP contribution in [0.25, 0.3) is 0 Å². The van der Waals surface area contributed by atoms with Crippen LogP contribution in [0.15, 0.2) is 0 Å². The average molecular weight is 260 g/mol. The summed E-state index contributed by atoms with van der Waals surface area (Å²) in [6.07, 6.45) is 1.87. The lowest BCUT2D eigenvalue weighted by Crippen LogP contribution is -2.51. The van der Waals surface area contributed by atoms with E-state index in [-0.39, 0.29) is 11.9 Å². The van der Waals surface area contributed by atoms with Crippen molar-refractivity contribution in [3.63, 3.8) is 0 Å². The standard InChI is InChI=1S/C12H24N2O4/c1-16-8-9-17-6-3-2-4-14-12(15)11-10-18-7-5-13-11/h11,13H,2-10H2,1H3,(H,14,15). The molecular weight excluding hydrogens is 236 g/mol. The lowest BCUT2D eigenvalue weighted by Gasteiger charge is -2.22. The molecule has 0 aromatic carbocycles. The molecule has 1 aliphatic rings. The zero-order valence-electron chi connectivity index (χ0n) is 11.1. The van der Waals surface area contributed by atoms with Crippen LogP contribution in [0.4, 0.5) is 0 Å². The van der Waals surface area contributed by atoms with Gasteiger partial charge in [-0.2, -0.15) is 0 Å². The highest BCUT2D eigenvalue weighted by molar-refractivity contribution is 5.81. The molecule has 0 spiro atoms. The van der Waals surface area contributed by atoms with Gasteiger partial charge in [0.1, 0.15) is 6.04 Å². The molecule has 18 heavy (non-hydrogen) atoms. The zero-order chi connectivity index (χ0) is 13.1. The first-order valence-corrected chi connectivity index (χ1v) is 6.50. The minimum absolute atomic E-state index is 0.0231. The van der Waals surface area contributed by atoms with E-state index in [1.54, 1.807) is 7.11 Å². The van der Waals surface area contributed by atoms with Gasteiger partial charge in [0.25, 0.3) is 0 Å². The Kier molecular flexibility index (Phi) is 8.75. The maximum absolute atomic E-state index is 11.7. The largest absolute Gasteiger partial charge is 0.382 e. The first kappa shape index (κ1) is 15.4. The van der Waals surface area contributed by atoms with E-state index in [0.717, 1.165) is 19.4 Å². The summed E-state index contributed by atoms with van der Waals surface area (Å²) in [4.78, 5) is 11.7. The van der Waals surface area contributed by atoms with Crippen LogP contribution in [0.3, 0.4) is 0 Å². The third kappa shape index (κ3) is 6.90. The number of carbonyl (C=O) groups excluding carboxylic acids is 1. The van der Waals surface area contributed by atoms with Gasteiger partial charge in [-0.3, -0.25) is 4.79 Å².